The lowest BCUT2D eigenvalue weighted by Gasteiger charge is -2.12. The molecule has 0 aliphatic rings. The lowest BCUT2D eigenvalue weighted by Crippen LogP contribution is -2.03. The normalized spacial score (nSPS) is 10.1. The zero-order valence-corrected chi connectivity index (χ0v) is 20.9. The summed E-state index contributed by atoms with van der Waals surface area (Å²) in [5.74, 6) is 2.07. The van der Waals surface area contributed by atoms with Gasteiger partial charge in [0, 0.05) is 17.8 Å². The molecule has 3 N–H and O–H groups in total. The molecule has 0 fully saturated rings. The minimum absolute atomic E-state index is 0.610. The highest BCUT2D eigenvalue weighted by atomic mass is 32.1. The second-order valence-electron chi connectivity index (χ2n) is 7.44. The summed E-state index contributed by atoms with van der Waals surface area (Å²) in [4.78, 5) is 17.0. The van der Waals surface area contributed by atoms with E-state index in [0.717, 1.165) is 44.3 Å². The SMILES string of the molecule is C=O.CN.COc1ccc(-c2ccc3nc(Nc4ccccc4OCCC(C)C)sc3c2)cn1. The fourth-order valence-electron chi connectivity index (χ4n) is 3.05. The predicted molar refractivity (Wildman–Crippen MR) is 141 cm³/mol. The van der Waals surface area contributed by atoms with Gasteiger partial charge in [0.15, 0.2) is 5.13 Å². The van der Waals surface area contributed by atoms with E-state index in [0.29, 0.717) is 18.4 Å². The number of benzene rings is 2. The van der Waals surface area contributed by atoms with Crippen LogP contribution in [0, 0.1) is 5.92 Å². The molecule has 2 heterocycles. The van der Waals surface area contributed by atoms with Gasteiger partial charge in [0.05, 0.1) is 29.6 Å². The van der Waals surface area contributed by atoms with Crippen LogP contribution >= 0.6 is 11.3 Å². The Morgan fingerprint density at radius 2 is 1.79 bits per heavy atom. The number of nitrogens with two attached hydrogens (primary N) is 1. The van der Waals surface area contributed by atoms with Gasteiger partial charge in [-0.2, -0.15) is 0 Å². The first-order chi connectivity index (χ1) is 16.6. The molecule has 0 saturated heterocycles. The average Bonchev–Trinajstić information content (AvgIpc) is 3.29. The third-order valence-corrected chi connectivity index (χ3v) is 5.68. The van der Waals surface area contributed by atoms with E-state index in [1.54, 1.807) is 18.4 Å². The summed E-state index contributed by atoms with van der Waals surface area (Å²) in [7, 11) is 3.12. The Morgan fingerprint density at radius 3 is 2.47 bits per heavy atom. The van der Waals surface area contributed by atoms with Crippen molar-refractivity contribution >= 4 is 39.2 Å². The van der Waals surface area contributed by atoms with E-state index >= 15 is 0 Å². The fraction of sp³-hybridized carbons (Fsp3) is 0.269. The maximum atomic E-state index is 8.00. The van der Waals surface area contributed by atoms with Crippen molar-refractivity contribution in [1.82, 2.24) is 9.97 Å². The third-order valence-electron chi connectivity index (χ3n) is 4.75. The fourth-order valence-corrected chi connectivity index (χ4v) is 3.96. The first-order valence-electron chi connectivity index (χ1n) is 10.9. The summed E-state index contributed by atoms with van der Waals surface area (Å²) in [6.07, 6.45) is 2.85. The zero-order valence-electron chi connectivity index (χ0n) is 20.1. The van der Waals surface area contributed by atoms with Crippen LogP contribution in [-0.4, -0.2) is 37.5 Å². The molecule has 2 aromatic carbocycles. The summed E-state index contributed by atoms with van der Waals surface area (Å²) >= 11 is 1.62. The topological polar surface area (TPSA) is 99.4 Å². The minimum atomic E-state index is 0.610. The lowest BCUT2D eigenvalue weighted by atomic mass is 10.1. The molecule has 4 rings (SSSR count). The molecule has 4 aromatic rings. The van der Waals surface area contributed by atoms with Gasteiger partial charge in [-0.15, -0.1) is 0 Å². The number of ether oxygens (including phenoxy) is 2. The largest absolute Gasteiger partial charge is 0.491 e. The molecule has 0 unspecified atom stereocenters. The zero-order chi connectivity index (χ0) is 24.9. The van der Waals surface area contributed by atoms with Crippen LogP contribution in [0.2, 0.25) is 0 Å². The molecule has 0 amide bonds. The molecular formula is C26H32N4O3S. The summed E-state index contributed by atoms with van der Waals surface area (Å²) < 4.78 is 12.2. The van der Waals surface area contributed by atoms with Gasteiger partial charge < -0.3 is 25.3 Å². The van der Waals surface area contributed by atoms with Crippen LogP contribution in [0.4, 0.5) is 10.8 Å². The standard InChI is InChI=1S/C24H25N3O2S.CH5N.CH2O/c1-16(2)12-13-29-21-7-5-4-6-19(21)26-24-27-20-10-8-17(14-22(20)30-24)18-9-11-23(28-3)25-15-18;2*1-2/h4-11,14-16H,12-13H2,1-3H3,(H,26,27);2H2,1H3;1H2. The van der Waals surface area contributed by atoms with E-state index < -0.39 is 0 Å². The molecule has 7 nitrogen and oxygen atoms in total. The number of anilines is 2. The number of methoxy groups -OCH3 is 1. The number of nitrogens with zero attached hydrogens (tertiary/aromatic N) is 2. The lowest BCUT2D eigenvalue weighted by molar-refractivity contribution is -0.0979. The number of carbonyl (C=O) groups excluding carboxylic acids is 1. The maximum Gasteiger partial charge on any atom is 0.212 e. The molecule has 2 aromatic heterocycles. The van der Waals surface area contributed by atoms with Crippen LogP contribution in [0.25, 0.3) is 21.3 Å². The van der Waals surface area contributed by atoms with E-state index in [-0.39, 0.29) is 0 Å². The number of hydrogen-bond acceptors (Lipinski definition) is 8. The molecular weight excluding hydrogens is 448 g/mol. The second kappa shape index (κ2) is 13.9. The molecule has 0 saturated carbocycles. The van der Waals surface area contributed by atoms with E-state index in [2.05, 4.69) is 42.0 Å². The molecule has 0 aliphatic heterocycles. The number of rotatable bonds is 8. The van der Waals surface area contributed by atoms with Gasteiger partial charge in [0.1, 0.15) is 12.5 Å². The molecule has 0 spiro atoms. The Bertz CT molecular complexity index is 1150. The summed E-state index contributed by atoms with van der Waals surface area (Å²) in [6, 6.07) is 18.1. The van der Waals surface area contributed by atoms with E-state index in [1.165, 1.54) is 7.05 Å². The molecule has 180 valence electrons. The van der Waals surface area contributed by atoms with Crippen LogP contribution in [-0.2, 0) is 4.79 Å². The van der Waals surface area contributed by atoms with Gasteiger partial charge >= 0.3 is 0 Å². The molecule has 34 heavy (non-hydrogen) atoms. The number of aromatic nitrogens is 2. The average molecular weight is 481 g/mol. The van der Waals surface area contributed by atoms with Crippen molar-refractivity contribution in [2.75, 3.05) is 26.1 Å². The Morgan fingerprint density at radius 1 is 1.06 bits per heavy atom. The van der Waals surface area contributed by atoms with Crippen molar-refractivity contribution in [3.63, 3.8) is 0 Å². The number of fused-ring (bicyclic) bond motifs is 1. The van der Waals surface area contributed by atoms with Crippen LogP contribution in [0.1, 0.15) is 20.3 Å². The number of hydrogen-bond donors (Lipinski definition) is 2. The Hall–Kier alpha value is -3.49. The Kier molecular flexibility index (Phi) is 11.0. The van der Waals surface area contributed by atoms with Crippen molar-refractivity contribution in [1.29, 1.82) is 0 Å². The smallest absolute Gasteiger partial charge is 0.212 e. The van der Waals surface area contributed by atoms with E-state index in [1.807, 2.05) is 55.5 Å². The maximum absolute atomic E-state index is 8.00. The summed E-state index contributed by atoms with van der Waals surface area (Å²) in [5, 5.41) is 4.27. The molecule has 0 aliphatic carbocycles. The predicted octanol–water partition coefficient (Wildman–Crippen LogP) is 5.93. The molecule has 0 bridgehead atoms. The van der Waals surface area contributed by atoms with Crippen LogP contribution < -0.4 is 20.5 Å². The molecule has 0 atom stereocenters. The van der Waals surface area contributed by atoms with Crippen LogP contribution in [0.3, 0.4) is 0 Å². The number of para-hydroxylation sites is 2. The van der Waals surface area contributed by atoms with Gasteiger partial charge in [-0.05, 0) is 55.3 Å². The minimum Gasteiger partial charge on any atom is -0.491 e. The van der Waals surface area contributed by atoms with Crippen molar-refractivity contribution in [2.45, 2.75) is 20.3 Å². The van der Waals surface area contributed by atoms with Gasteiger partial charge in [-0.3, -0.25) is 0 Å². The number of carbonyl (C=O) groups is 1. The van der Waals surface area contributed by atoms with E-state index in [4.69, 9.17) is 19.3 Å². The molecule has 8 heteroatoms. The van der Waals surface area contributed by atoms with Gasteiger partial charge in [0.2, 0.25) is 5.88 Å². The quantitative estimate of drug-likeness (QED) is 0.323. The van der Waals surface area contributed by atoms with Crippen LogP contribution in [0.15, 0.2) is 60.8 Å². The monoisotopic (exact) mass is 480 g/mol. The van der Waals surface area contributed by atoms with E-state index in [9.17, 15) is 0 Å². The number of thiazole rings is 1. The highest BCUT2D eigenvalue weighted by Crippen LogP contribution is 2.34. The number of pyridine rings is 1. The number of nitrogens with one attached hydrogen (secondary N) is 1. The van der Waals surface area contributed by atoms with Crippen molar-refractivity contribution in [3.05, 3.63) is 60.8 Å². The Balaban J connectivity index is 0.000000970. The summed E-state index contributed by atoms with van der Waals surface area (Å²) in [5.41, 5.74) is 8.54. The van der Waals surface area contributed by atoms with Crippen LogP contribution in [0.5, 0.6) is 11.6 Å². The van der Waals surface area contributed by atoms with Crippen molar-refractivity contribution in [2.24, 2.45) is 11.7 Å². The van der Waals surface area contributed by atoms with Crippen molar-refractivity contribution in [3.8, 4) is 22.8 Å². The molecule has 0 radical (unpaired) electrons. The second-order valence-corrected chi connectivity index (χ2v) is 8.47. The van der Waals surface area contributed by atoms with Gasteiger partial charge in [-0.1, -0.05) is 43.4 Å². The Labute approximate surface area is 205 Å². The summed E-state index contributed by atoms with van der Waals surface area (Å²) in [6.45, 7) is 7.10. The van der Waals surface area contributed by atoms with Crippen molar-refractivity contribution < 1.29 is 14.3 Å². The first kappa shape index (κ1) is 26.8. The highest BCUT2D eigenvalue weighted by Gasteiger charge is 2.10. The first-order valence-corrected chi connectivity index (χ1v) is 11.7. The highest BCUT2D eigenvalue weighted by molar-refractivity contribution is 7.22. The third kappa shape index (κ3) is 7.26. The van der Waals surface area contributed by atoms with Gasteiger partial charge in [-0.25, -0.2) is 9.97 Å². The van der Waals surface area contributed by atoms with Gasteiger partial charge in [0.25, 0.3) is 0 Å².